The highest BCUT2D eigenvalue weighted by Crippen LogP contribution is 2.30. The summed E-state index contributed by atoms with van der Waals surface area (Å²) in [6.45, 7) is 3.25. The van der Waals surface area contributed by atoms with Crippen molar-refractivity contribution in [2.75, 3.05) is 25.0 Å². The first kappa shape index (κ1) is 18.3. The van der Waals surface area contributed by atoms with Gasteiger partial charge in [0.25, 0.3) is 11.8 Å². The molecule has 1 unspecified atom stereocenters. The van der Waals surface area contributed by atoms with Gasteiger partial charge in [-0.2, -0.15) is 0 Å². The minimum absolute atomic E-state index is 0.123. The number of thiophene rings is 1. The quantitative estimate of drug-likeness (QED) is 0.697. The minimum atomic E-state index is -0.148. The van der Waals surface area contributed by atoms with Crippen molar-refractivity contribution in [3.05, 3.63) is 59.9 Å². The topological polar surface area (TPSA) is 74.3 Å². The molecule has 0 spiro atoms. The molecule has 0 saturated carbocycles. The largest absolute Gasteiger partial charge is 0.347 e. The highest BCUT2D eigenvalue weighted by atomic mass is 32.1. The molecule has 7 heteroatoms. The highest BCUT2D eigenvalue weighted by Gasteiger charge is 2.33. The van der Waals surface area contributed by atoms with E-state index in [0.717, 1.165) is 34.6 Å². The van der Waals surface area contributed by atoms with Gasteiger partial charge in [0.2, 0.25) is 0 Å². The van der Waals surface area contributed by atoms with Gasteiger partial charge in [0.1, 0.15) is 5.69 Å². The fraction of sp³-hybridized carbons (Fsp3) is 0.318. The SMILES string of the molecule is O=C(Nc1cc2cnc(C(=O)N[C@@H]3C[C@@H]4CCN(C4)C3)cc2s1)c1ccccc1. The zero-order valence-electron chi connectivity index (χ0n) is 15.9. The van der Waals surface area contributed by atoms with Crippen molar-refractivity contribution < 1.29 is 9.59 Å². The van der Waals surface area contributed by atoms with E-state index in [4.69, 9.17) is 0 Å². The Kier molecular flexibility index (Phi) is 4.77. The molecular formula is C22H22N4O2S. The molecule has 2 fully saturated rings. The van der Waals surface area contributed by atoms with Gasteiger partial charge in [0.15, 0.2) is 0 Å². The Balaban J connectivity index is 1.29. The zero-order valence-corrected chi connectivity index (χ0v) is 16.7. The maximum absolute atomic E-state index is 12.7. The third-order valence-electron chi connectivity index (χ3n) is 5.71. The van der Waals surface area contributed by atoms with Crippen molar-refractivity contribution in [2.24, 2.45) is 5.92 Å². The lowest BCUT2D eigenvalue weighted by Crippen LogP contribution is -2.47. The summed E-state index contributed by atoms with van der Waals surface area (Å²) >= 11 is 1.45. The number of carbonyl (C=O) groups is 2. The maximum atomic E-state index is 12.7. The van der Waals surface area contributed by atoms with Gasteiger partial charge < -0.3 is 15.5 Å². The second-order valence-electron chi connectivity index (χ2n) is 7.86. The van der Waals surface area contributed by atoms with E-state index in [9.17, 15) is 9.59 Å². The fourth-order valence-electron chi connectivity index (χ4n) is 4.32. The smallest absolute Gasteiger partial charge is 0.270 e. The van der Waals surface area contributed by atoms with Gasteiger partial charge in [-0.3, -0.25) is 14.6 Å². The number of hydrogen-bond acceptors (Lipinski definition) is 5. The molecule has 2 aliphatic heterocycles. The molecule has 29 heavy (non-hydrogen) atoms. The van der Waals surface area contributed by atoms with E-state index < -0.39 is 0 Å². The first-order valence-electron chi connectivity index (χ1n) is 9.93. The molecular weight excluding hydrogens is 384 g/mol. The molecule has 4 heterocycles. The molecule has 2 bridgehead atoms. The predicted octanol–water partition coefficient (Wildman–Crippen LogP) is 3.37. The number of aromatic nitrogens is 1. The Hall–Kier alpha value is -2.77. The predicted molar refractivity (Wildman–Crippen MR) is 114 cm³/mol. The van der Waals surface area contributed by atoms with Crippen molar-refractivity contribution in [3.8, 4) is 0 Å². The first-order chi connectivity index (χ1) is 14.1. The standard InChI is InChI=1S/C22H22N4O2S/c27-21(15-4-2-1-3-5-15)25-20-9-16-11-23-18(10-19(16)29-20)22(28)24-17-8-14-6-7-26(12-14)13-17/h1-5,9-11,14,17H,6-8,12-13H2,(H,24,28)(H,25,27)/t14-,17+/m0/s1. The lowest BCUT2D eigenvalue weighted by Gasteiger charge is -2.30. The van der Waals surface area contributed by atoms with Crippen molar-refractivity contribution in [3.63, 3.8) is 0 Å². The number of piperidine rings is 1. The van der Waals surface area contributed by atoms with Crippen LogP contribution in [-0.4, -0.2) is 47.4 Å². The van der Waals surface area contributed by atoms with Crippen molar-refractivity contribution in [1.29, 1.82) is 0 Å². The summed E-state index contributed by atoms with van der Waals surface area (Å²) < 4.78 is 0.931. The van der Waals surface area contributed by atoms with Crippen LogP contribution in [0.4, 0.5) is 5.00 Å². The van der Waals surface area contributed by atoms with Crippen LogP contribution in [0.3, 0.4) is 0 Å². The van der Waals surface area contributed by atoms with Gasteiger partial charge in [0.05, 0.1) is 5.00 Å². The lowest BCUT2D eigenvalue weighted by molar-refractivity contribution is 0.0904. The number of amides is 2. The second kappa shape index (κ2) is 7.57. The van der Waals surface area contributed by atoms with Crippen LogP contribution in [0, 0.1) is 5.92 Å². The van der Waals surface area contributed by atoms with E-state index in [1.54, 1.807) is 18.3 Å². The number of carbonyl (C=O) groups excluding carboxylic acids is 2. The number of nitrogens with one attached hydrogen (secondary N) is 2. The summed E-state index contributed by atoms with van der Waals surface area (Å²) in [6, 6.07) is 13.0. The molecule has 2 saturated heterocycles. The summed E-state index contributed by atoms with van der Waals surface area (Å²) in [5, 5.41) is 7.73. The number of anilines is 1. The Bertz CT molecular complexity index is 1050. The molecule has 0 radical (unpaired) electrons. The van der Waals surface area contributed by atoms with Crippen LogP contribution >= 0.6 is 11.3 Å². The number of hydrogen-bond donors (Lipinski definition) is 2. The first-order valence-corrected chi connectivity index (χ1v) is 10.7. The van der Waals surface area contributed by atoms with E-state index in [-0.39, 0.29) is 17.9 Å². The number of fused-ring (bicyclic) bond motifs is 3. The molecule has 0 aliphatic carbocycles. The normalized spacial score (nSPS) is 23.1. The van der Waals surface area contributed by atoms with E-state index in [2.05, 4.69) is 20.5 Å². The van der Waals surface area contributed by atoms with Gasteiger partial charge in [-0.15, -0.1) is 11.3 Å². The fourth-order valence-corrected chi connectivity index (χ4v) is 5.28. The van der Waals surface area contributed by atoms with Crippen molar-refractivity contribution in [1.82, 2.24) is 15.2 Å². The summed E-state index contributed by atoms with van der Waals surface area (Å²) in [4.78, 5) is 31.8. The number of benzene rings is 1. The molecule has 2 amide bonds. The molecule has 148 valence electrons. The summed E-state index contributed by atoms with van der Waals surface area (Å²) in [6.07, 6.45) is 4.00. The number of nitrogens with zero attached hydrogens (tertiary/aromatic N) is 2. The Morgan fingerprint density at radius 2 is 1.97 bits per heavy atom. The zero-order chi connectivity index (χ0) is 19.8. The minimum Gasteiger partial charge on any atom is -0.347 e. The van der Waals surface area contributed by atoms with Crippen LogP contribution in [0.2, 0.25) is 0 Å². The Labute approximate surface area is 172 Å². The van der Waals surface area contributed by atoms with Crippen LogP contribution in [0.15, 0.2) is 48.7 Å². The van der Waals surface area contributed by atoms with E-state index in [1.165, 1.54) is 24.3 Å². The molecule has 3 atom stereocenters. The average Bonchev–Trinajstić information content (AvgIpc) is 3.29. The van der Waals surface area contributed by atoms with Gasteiger partial charge in [-0.1, -0.05) is 18.2 Å². The van der Waals surface area contributed by atoms with Crippen LogP contribution < -0.4 is 10.6 Å². The van der Waals surface area contributed by atoms with E-state index in [1.807, 2.05) is 30.3 Å². The number of pyridine rings is 1. The number of rotatable bonds is 4. The van der Waals surface area contributed by atoms with Gasteiger partial charge in [-0.25, -0.2) is 0 Å². The highest BCUT2D eigenvalue weighted by molar-refractivity contribution is 7.23. The molecule has 2 aliphatic rings. The van der Waals surface area contributed by atoms with Crippen LogP contribution in [0.25, 0.3) is 10.1 Å². The van der Waals surface area contributed by atoms with Crippen LogP contribution in [0.5, 0.6) is 0 Å². The molecule has 1 aromatic carbocycles. The third kappa shape index (κ3) is 3.88. The van der Waals surface area contributed by atoms with Crippen molar-refractivity contribution in [2.45, 2.75) is 18.9 Å². The Morgan fingerprint density at radius 3 is 2.79 bits per heavy atom. The van der Waals surface area contributed by atoms with Gasteiger partial charge >= 0.3 is 0 Å². The lowest BCUT2D eigenvalue weighted by atomic mass is 9.97. The molecule has 2 N–H and O–H groups in total. The average molecular weight is 407 g/mol. The second-order valence-corrected chi connectivity index (χ2v) is 8.94. The van der Waals surface area contributed by atoms with E-state index >= 15 is 0 Å². The Morgan fingerprint density at radius 1 is 1.10 bits per heavy atom. The van der Waals surface area contributed by atoms with Gasteiger partial charge in [-0.05, 0) is 49.6 Å². The molecule has 5 rings (SSSR count). The van der Waals surface area contributed by atoms with E-state index in [0.29, 0.717) is 17.2 Å². The van der Waals surface area contributed by atoms with Crippen LogP contribution in [0.1, 0.15) is 33.7 Å². The molecule has 3 aromatic rings. The van der Waals surface area contributed by atoms with Gasteiger partial charge in [0, 0.05) is 41.0 Å². The summed E-state index contributed by atoms with van der Waals surface area (Å²) in [7, 11) is 0. The molecule has 6 nitrogen and oxygen atoms in total. The van der Waals surface area contributed by atoms with Crippen LogP contribution in [-0.2, 0) is 0 Å². The molecule has 2 aromatic heterocycles. The summed E-state index contributed by atoms with van der Waals surface area (Å²) in [5.74, 6) is 0.435. The summed E-state index contributed by atoms with van der Waals surface area (Å²) in [5.41, 5.74) is 1.04. The maximum Gasteiger partial charge on any atom is 0.270 e. The monoisotopic (exact) mass is 406 g/mol. The van der Waals surface area contributed by atoms with Crippen molar-refractivity contribution >= 4 is 38.2 Å². The third-order valence-corrected chi connectivity index (χ3v) is 6.72.